The predicted octanol–water partition coefficient (Wildman–Crippen LogP) is 2.90. The molecule has 0 aromatic heterocycles. The van der Waals surface area contributed by atoms with Gasteiger partial charge in [-0.2, -0.15) is 5.10 Å². The van der Waals surface area contributed by atoms with Gasteiger partial charge in [-0.05, 0) is 25.1 Å². The van der Waals surface area contributed by atoms with Crippen molar-refractivity contribution in [3.8, 4) is 0 Å². The number of rotatable bonds is 3. The number of carbonyl (C=O) groups is 2. The number of esters is 1. The highest BCUT2D eigenvalue weighted by Crippen LogP contribution is 2.30. The van der Waals surface area contributed by atoms with E-state index in [0.29, 0.717) is 21.4 Å². The normalized spacial score (nSPS) is 18.2. The van der Waals surface area contributed by atoms with Gasteiger partial charge in [0.1, 0.15) is 0 Å². The molecule has 1 atom stereocenters. The van der Waals surface area contributed by atoms with Gasteiger partial charge in [0.15, 0.2) is 0 Å². The van der Waals surface area contributed by atoms with Crippen molar-refractivity contribution in [2.45, 2.75) is 13.3 Å². The number of benzene rings is 1. The molecular weight excluding hydrogens is 303 g/mol. The third-order valence-electron chi connectivity index (χ3n) is 2.96. The van der Waals surface area contributed by atoms with Crippen molar-refractivity contribution in [1.29, 1.82) is 0 Å². The maximum Gasteiger partial charge on any atom is 0.306 e. The maximum atomic E-state index is 12.3. The molecule has 1 heterocycles. The summed E-state index contributed by atoms with van der Waals surface area (Å²) in [7, 11) is 1.28. The van der Waals surface area contributed by atoms with Crippen LogP contribution in [0.25, 0.3) is 0 Å². The molecule has 0 bridgehead atoms. The molecule has 5 nitrogen and oxygen atoms in total. The van der Waals surface area contributed by atoms with Crippen molar-refractivity contribution in [2.75, 3.05) is 12.1 Å². The van der Waals surface area contributed by atoms with Gasteiger partial charge in [0.25, 0.3) is 5.91 Å². The van der Waals surface area contributed by atoms with Crippen molar-refractivity contribution in [3.63, 3.8) is 0 Å². The second-order valence-corrected chi connectivity index (χ2v) is 5.22. The van der Waals surface area contributed by atoms with Gasteiger partial charge in [-0.1, -0.05) is 23.2 Å². The monoisotopic (exact) mass is 314 g/mol. The molecule has 1 aromatic rings. The van der Waals surface area contributed by atoms with Crippen molar-refractivity contribution in [1.82, 2.24) is 0 Å². The Labute approximate surface area is 126 Å². The minimum absolute atomic E-state index is 0.0323. The van der Waals surface area contributed by atoms with Crippen molar-refractivity contribution in [3.05, 3.63) is 28.2 Å². The van der Waals surface area contributed by atoms with Gasteiger partial charge in [-0.15, -0.1) is 0 Å². The van der Waals surface area contributed by atoms with Crippen LogP contribution in [0.1, 0.15) is 13.3 Å². The zero-order valence-corrected chi connectivity index (χ0v) is 12.4. The fourth-order valence-electron chi connectivity index (χ4n) is 1.93. The Bertz CT molecular complexity index is 581. The molecule has 0 saturated carbocycles. The Balaban J connectivity index is 2.27. The van der Waals surface area contributed by atoms with E-state index in [1.807, 2.05) is 0 Å². The third kappa shape index (κ3) is 2.94. The smallest absolute Gasteiger partial charge is 0.306 e. The quantitative estimate of drug-likeness (QED) is 0.806. The molecule has 20 heavy (non-hydrogen) atoms. The van der Waals surface area contributed by atoms with E-state index in [4.69, 9.17) is 23.2 Å². The van der Waals surface area contributed by atoms with Crippen LogP contribution in [0.4, 0.5) is 5.69 Å². The highest BCUT2D eigenvalue weighted by Gasteiger charge is 2.36. The molecule has 2 rings (SSSR count). The summed E-state index contributed by atoms with van der Waals surface area (Å²) >= 11 is 11.8. The fraction of sp³-hybridized carbons (Fsp3) is 0.308. The molecule has 1 aliphatic heterocycles. The Morgan fingerprint density at radius 1 is 1.35 bits per heavy atom. The van der Waals surface area contributed by atoms with Gasteiger partial charge < -0.3 is 4.74 Å². The Morgan fingerprint density at radius 3 is 2.50 bits per heavy atom. The average Bonchev–Trinajstić information content (AvgIpc) is 2.65. The lowest BCUT2D eigenvalue weighted by Crippen LogP contribution is -2.29. The number of carbonyl (C=O) groups excluding carboxylic acids is 2. The molecule has 0 spiro atoms. The summed E-state index contributed by atoms with van der Waals surface area (Å²) < 4.78 is 4.58. The first-order valence-corrected chi connectivity index (χ1v) is 6.60. The van der Waals surface area contributed by atoms with E-state index in [1.165, 1.54) is 12.1 Å². The van der Waals surface area contributed by atoms with Crippen molar-refractivity contribution < 1.29 is 14.3 Å². The molecule has 0 aliphatic carbocycles. The maximum absolute atomic E-state index is 12.3. The Hall–Kier alpha value is -1.59. The van der Waals surface area contributed by atoms with Crippen LogP contribution in [0, 0.1) is 5.92 Å². The largest absolute Gasteiger partial charge is 0.469 e. The number of hydrazone groups is 1. The molecule has 0 fully saturated rings. The summed E-state index contributed by atoms with van der Waals surface area (Å²) in [4.78, 5) is 23.6. The van der Waals surface area contributed by atoms with Gasteiger partial charge in [0, 0.05) is 15.8 Å². The van der Waals surface area contributed by atoms with Crippen LogP contribution in [-0.4, -0.2) is 24.7 Å². The van der Waals surface area contributed by atoms with Gasteiger partial charge in [-0.3, -0.25) is 9.59 Å². The zero-order valence-electron chi connectivity index (χ0n) is 10.9. The van der Waals surface area contributed by atoms with Crippen LogP contribution in [0.15, 0.2) is 23.3 Å². The van der Waals surface area contributed by atoms with Crippen LogP contribution >= 0.6 is 23.2 Å². The van der Waals surface area contributed by atoms with Gasteiger partial charge >= 0.3 is 5.97 Å². The first kappa shape index (κ1) is 14.8. The molecule has 1 unspecified atom stereocenters. The lowest BCUT2D eigenvalue weighted by atomic mass is 10.0. The second kappa shape index (κ2) is 5.81. The Kier molecular flexibility index (Phi) is 4.30. The van der Waals surface area contributed by atoms with E-state index in [-0.39, 0.29) is 12.3 Å². The molecule has 0 saturated heterocycles. The third-order valence-corrected chi connectivity index (χ3v) is 3.40. The number of methoxy groups -OCH3 is 1. The topological polar surface area (TPSA) is 59.0 Å². The molecule has 7 heteroatoms. The Morgan fingerprint density at radius 2 is 1.95 bits per heavy atom. The highest BCUT2D eigenvalue weighted by atomic mass is 35.5. The van der Waals surface area contributed by atoms with Gasteiger partial charge in [0.2, 0.25) is 0 Å². The summed E-state index contributed by atoms with van der Waals surface area (Å²) in [5.41, 5.74) is 1.02. The van der Waals surface area contributed by atoms with E-state index in [0.717, 1.165) is 0 Å². The lowest BCUT2D eigenvalue weighted by molar-refractivity contribution is -0.142. The summed E-state index contributed by atoms with van der Waals surface area (Å²) in [6.07, 6.45) is -0.0323. The molecule has 1 aromatic carbocycles. The van der Waals surface area contributed by atoms with E-state index >= 15 is 0 Å². The van der Waals surface area contributed by atoms with Gasteiger partial charge in [-0.25, -0.2) is 5.01 Å². The number of halogens is 2. The molecule has 0 N–H and O–H groups in total. The van der Waals surface area contributed by atoms with Crippen LogP contribution in [-0.2, 0) is 14.3 Å². The van der Waals surface area contributed by atoms with Crippen molar-refractivity contribution in [2.24, 2.45) is 11.0 Å². The van der Waals surface area contributed by atoms with Crippen LogP contribution in [0.5, 0.6) is 0 Å². The second-order valence-electron chi connectivity index (χ2n) is 4.35. The minimum Gasteiger partial charge on any atom is -0.469 e. The van der Waals surface area contributed by atoms with E-state index < -0.39 is 11.9 Å². The van der Waals surface area contributed by atoms with Gasteiger partial charge in [0.05, 0.1) is 25.1 Å². The molecule has 1 amide bonds. The number of ether oxygens (including phenoxy) is 1. The summed E-state index contributed by atoms with van der Waals surface area (Å²) in [5, 5.41) is 6.19. The number of anilines is 1. The SMILES string of the molecule is COC(=O)CC1C(=O)N(c2cc(Cl)cc(Cl)c2)N=C1C. The first-order chi connectivity index (χ1) is 9.42. The fourth-order valence-corrected chi connectivity index (χ4v) is 2.45. The zero-order chi connectivity index (χ0) is 14.9. The molecule has 106 valence electrons. The first-order valence-electron chi connectivity index (χ1n) is 5.84. The summed E-state index contributed by atoms with van der Waals surface area (Å²) in [6, 6.07) is 4.74. The number of nitrogens with zero attached hydrogens (tertiary/aromatic N) is 2. The van der Waals surface area contributed by atoms with Crippen LogP contribution in [0.2, 0.25) is 10.0 Å². The van der Waals surface area contributed by atoms with E-state index in [1.54, 1.807) is 25.1 Å². The standard InChI is InChI=1S/C13H12Cl2N2O3/c1-7-11(6-12(18)20-2)13(19)17(16-7)10-4-8(14)3-9(15)5-10/h3-5,11H,6H2,1-2H3. The number of hydrogen-bond acceptors (Lipinski definition) is 4. The minimum atomic E-state index is -0.611. The van der Waals surface area contributed by atoms with E-state index in [2.05, 4.69) is 9.84 Å². The molecule has 0 radical (unpaired) electrons. The number of hydrogen-bond donors (Lipinski definition) is 0. The van der Waals surface area contributed by atoms with Crippen molar-refractivity contribution >= 4 is 46.5 Å². The van der Waals surface area contributed by atoms with E-state index in [9.17, 15) is 9.59 Å². The average molecular weight is 315 g/mol. The number of amides is 1. The molecule has 1 aliphatic rings. The summed E-state index contributed by atoms with van der Waals surface area (Å²) in [5.74, 6) is -1.37. The molecular formula is C13H12Cl2N2O3. The summed E-state index contributed by atoms with van der Waals surface area (Å²) in [6.45, 7) is 1.69. The highest BCUT2D eigenvalue weighted by molar-refractivity contribution is 6.35. The van der Waals surface area contributed by atoms with Crippen LogP contribution in [0.3, 0.4) is 0 Å². The lowest BCUT2D eigenvalue weighted by Gasteiger charge is -2.14. The predicted molar refractivity (Wildman–Crippen MR) is 77.2 cm³/mol. The van der Waals surface area contributed by atoms with Crippen LogP contribution < -0.4 is 5.01 Å².